The zero-order valence-corrected chi connectivity index (χ0v) is 11.2. The molecule has 5 heteroatoms. The van der Waals surface area contributed by atoms with Crippen molar-refractivity contribution in [2.24, 2.45) is 7.05 Å². The topological polar surface area (TPSA) is 55.9 Å². The van der Waals surface area contributed by atoms with E-state index in [4.69, 9.17) is 4.42 Å². The van der Waals surface area contributed by atoms with Crippen LogP contribution in [0.5, 0.6) is 0 Å². The zero-order valence-electron chi connectivity index (χ0n) is 11.2. The number of hydrogen-bond donors (Lipinski definition) is 1. The lowest BCUT2D eigenvalue weighted by Gasteiger charge is -2.14. The molecule has 0 saturated heterocycles. The van der Waals surface area contributed by atoms with E-state index >= 15 is 0 Å². The van der Waals surface area contributed by atoms with E-state index in [0.717, 1.165) is 25.1 Å². The third-order valence-corrected chi connectivity index (χ3v) is 2.92. The van der Waals surface area contributed by atoms with E-state index < -0.39 is 0 Å². The lowest BCUT2D eigenvalue weighted by molar-refractivity contribution is 0.494. The standard InChI is InChI=1S/C13H20N4O/c1-4-14-12(13-9-18-10(2)16-13)6-5-11-7-15-17(3)8-11/h7-9,12,14H,4-6H2,1-3H3. The third kappa shape index (κ3) is 3.20. The van der Waals surface area contributed by atoms with Crippen LogP contribution in [0, 0.1) is 6.92 Å². The molecule has 0 bridgehead atoms. The number of nitrogens with one attached hydrogen (secondary N) is 1. The number of oxazole rings is 1. The maximum atomic E-state index is 5.28. The normalized spacial score (nSPS) is 12.8. The molecule has 1 atom stereocenters. The summed E-state index contributed by atoms with van der Waals surface area (Å²) in [5.74, 6) is 0.717. The molecule has 0 aliphatic heterocycles. The van der Waals surface area contributed by atoms with E-state index in [2.05, 4.69) is 28.5 Å². The van der Waals surface area contributed by atoms with E-state index in [-0.39, 0.29) is 6.04 Å². The van der Waals surface area contributed by atoms with Crippen LogP contribution in [0.4, 0.5) is 0 Å². The van der Waals surface area contributed by atoms with Crippen LogP contribution in [0.15, 0.2) is 23.1 Å². The van der Waals surface area contributed by atoms with Gasteiger partial charge in [-0.2, -0.15) is 5.10 Å². The molecule has 18 heavy (non-hydrogen) atoms. The minimum absolute atomic E-state index is 0.243. The molecule has 2 aromatic heterocycles. The first-order valence-electron chi connectivity index (χ1n) is 6.32. The van der Waals surface area contributed by atoms with Gasteiger partial charge in [0.1, 0.15) is 6.26 Å². The SMILES string of the molecule is CCNC(CCc1cnn(C)c1)c1coc(C)n1. The molecule has 1 unspecified atom stereocenters. The first kappa shape index (κ1) is 12.8. The Kier molecular flexibility index (Phi) is 4.15. The van der Waals surface area contributed by atoms with Gasteiger partial charge in [0, 0.05) is 20.2 Å². The summed E-state index contributed by atoms with van der Waals surface area (Å²) in [6, 6.07) is 0.243. The van der Waals surface area contributed by atoms with Crippen molar-refractivity contribution in [2.75, 3.05) is 6.54 Å². The van der Waals surface area contributed by atoms with Crippen LogP contribution in [0.25, 0.3) is 0 Å². The lowest BCUT2D eigenvalue weighted by atomic mass is 10.1. The Labute approximate surface area is 107 Å². The molecule has 0 saturated carbocycles. The number of nitrogens with zero attached hydrogens (tertiary/aromatic N) is 3. The maximum absolute atomic E-state index is 5.28. The van der Waals surface area contributed by atoms with Crippen molar-refractivity contribution in [1.82, 2.24) is 20.1 Å². The highest BCUT2D eigenvalue weighted by atomic mass is 16.3. The summed E-state index contributed by atoms with van der Waals surface area (Å²) in [5, 5.41) is 7.62. The largest absolute Gasteiger partial charge is 0.449 e. The Morgan fingerprint density at radius 3 is 2.89 bits per heavy atom. The number of hydrogen-bond acceptors (Lipinski definition) is 4. The van der Waals surface area contributed by atoms with E-state index in [9.17, 15) is 0 Å². The average molecular weight is 248 g/mol. The van der Waals surface area contributed by atoms with Crippen molar-refractivity contribution in [3.8, 4) is 0 Å². The second-order valence-corrected chi connectivity index (χ2v) is 4.46. The third-order valence-electron chi connectivity index (χ3n) is 2.92. The summed E-state index contributed by atoms with van der Waals surface area (Å²) in [4.78, 5) is 4.40. The molecule has 2 heterocycles. The highest BCUT2D eigenvalue weighted by Gasteiger charge is 2.14. The first-order chi connectivity index (χ1) is 8.69. The smallest absolute Gasteiger partial charge is 0.191 e. The van der Waals surface area contributed by atoms with Gasteiger partial charge in [-0.25, -0.2) is 4.98 Å². The number of aryl methyl sites for hydroxylation is 3. The van der Waals surface area contributed by atoms with Crippen molar-refractivity contribution in [1.29, 1.82) is 0 Å². The first-order valence-corrected chi connectivity index (χ1v) is 6.32. The molecule has 0 aromatic carbocycles. The zero-order chi connectivity index (χ0) is 13.0. The van der Waals surface area contributed by atoms with Crippen molar-refractivity contribution in [3.63, 3.8) is 0 Å². The summed E-state index contributed by atoms with van der Waals surface area (Å²) >= 11 is 0. The Hall–Kier alpha value is -1.62. The highest BCUT2D eigenvalue weighted by molar-refractivity contribution is 5.07. The molecular weight excluding hydrogens is 228 g/mol. The predicted octanol–water partition coefficient (Wildman–Crippen LogP) is 2.00. The Morgan fingerprint density at radius 2 is 2.33 bits per heavy atom. The van der Waals surface area contributed by atoms with Crippen molar-refractivity contribution < 1.29 is 4.42 Å². The summed E-state index contributed by atoms with van der Waals surface area (Å²) in [6.45, 7) is 4.89. The van der Waals surface area contributed by atoms with E-state index in [1.807, 2.05) is 24.9 Å². The van der Waals surface area contributed by atoms with Crippen molar-refractivity contribution in [2.45, 2.75) is 32.7 Å². The van der Waals surface area contributed by atoms with Crippen LogP contribution in [-0.2, 0) is 13.5 Å². The molecule has 0 spiro atoms. The molecular formula is C13H20N4O. The van der Waals surface area contributed by atoms with Crippen LogP contribution < -0.4 is 5.32 Å². The van der Waals surface area contributed by atoms with Gasteiger partial charge in [0.25, 0.3) is 0 Å². The average Bonchev–Trinajstić information content (AvgIpc) is 2.94. The van der Waals surface area contributed by atoms with E-state index in [1.54, 1.807) is 6.26 Å². The molecule has 0 radical (unpaired) electrons. The fourth-order valence-electron chi connectivity index (χ4n) is 2.05. The molecule has 1 N–H and O–H groups in total. The highest BCUT2D eigenvalue weighted by Crippen LogP contribution is 2.18. The van der Waals surface area contributed by atoms with E-state index in [0.29, 0.717) is 5.89 Å². The van der Waals surface area contributed by atoms with Gasteiger partial charge >= 0.3 is 0 Å². The van der Waals surface area contributed by atoms with Crippen molar-refractivity contribution in [3.05, 3.63) is 35.8 Å². The lowest BCUT2D eigenvalue weighted by Crippen LogP contribution is -2.21. The van der Waals surface area contributed by atoms with Gasteiger partial charge in [-0.15, -0.1) is 0 Å². The molecule has 98 valence electrons. The van der Waals surface area contributed by atoms with Crippen LogP contribution in [0.1, 0.15) is 36.5 Å². The molecule has 0 fully saturated rings. The summed E-state index contributed by atoms with van der Waals surface area (Å²) in [7, 11) is 1.94. The predicted molar refractivity (Wildman–Crippen MR) is 69.2 cm³/mol. The summed E-state index contributed by atoms with van der Waals surface area (Å²) < 4.78 is 7.11. The van der Waals surface area contributed by atoms with Crippen molar-refractivity contribution >= 4 is 0 Å². The Balaban J connectivity index is 1.98. The number of aromatic nitrogens is 3. The fourth-order valence-corrected chi connectivity index (χ4v) is 2.05. The molecule has 2 aromatic rings. The van der Waals surface area contributed by atoms with Gasteiger partial charge < -0.3 is 9.73 Å². The molecule has 0 aliphatic carbocycles. The quantitative estimate of drug-likeness (QED) is 0.849. The van der Waals surface area contributed by atoms with Crippen LogP contribution in [0.3, 0.4) is 0 Å². The summed E-state index contributed by atoms with van der Waals surface area (Å²) in [6.07, 6.45) is 7.68. The minimum Gasteiger partial charge on any atom is -0.449 e. The van der Waals surface area contributed by atoms with Crippen LogP contribution >= 0.6 is 0 Å². The fraction of sp³-hybridized carbons (Fsp3) is 0.538. The molecule has 0 aliphatic rings. The Bertz CT molecular complexity index is 489. The van der Waals surface area contributed by atoms with Gasteiger partial charge in [-0.1, -0.05) is 6.92 Å². The molecule has 2 rings (SSSR count). The van der Waals surface area contributed by atoms with Gasteiger partial charge in [0.15, 0.2) is 5.89 Å². The second-order valence-electron chi connectivity index (χ2n) is 4.46. The van der Waals surface area contributed by atoms with Crippen LogP contribution in [-0.4, -0.2) is 21.3 Å². The van der Waals surface area contributed by atoms with Gasteiger partial charge in [0.05, 0.1) is 17.9 Å². The Morgan fingerprint density at radius 1 is 1.50 bits per heavy atom. The van der Waals surface area contributed by atoms with Crippen LogP contribution in [0.2, 0.25) is 0 Å². The van der Waals surface area contributed by atoms with Gasteiger partial charge in [0.2, 0.25) is 0 Å². The summed E-state index contributed by atoms with van der Waals surface area (Å²) in [5.41, 5.74) is 2.24. The monoisotopic (exact) mass is 248 g/mol. The minimum atomic E-state index is 0.243. The molecule has 0 amide bonds. The molecule has 5 nitrogen and oxygen atoms in total. The van der Waals surface area contributed by atoms with E-state index in [1.165, 1.54) is 5.56 Å². The van der Waals surface area contributed by atoms with Gasteiger partial charge in [-0.05, 0) is 24.9 Å². The van der Waals surface area contributed by atoms with Gasteiger partial charge in [-0.3, -0.25) is 4.68 Å². The second kappa shape index (κ2) is 5.82. The number of rotatable bonds is 6. The maximum Gasteiger partial charge on any atom is 0.191 e.